The van der Waals surface area contributed by atoms with Gasteiger partial charge < -0.3 is 10.1 Å². The molecule has 2 atom stereocenters. The summed E-state index contributed by atoms with van der Waals surface area (Å²) in [6.45, 7) is 4.13. The van der Waals surface area contributed by atoms with E-state index in [-0.39, 0.29) is 6.10 Å². The lowest BCUT2D eigenvalue weighted by Gasteiger charge is -2.31. The second-order valence-electron chi connectivity index (χ2n) is 4.17. The maximum atomic E-state index is 6.18. The molecular weight excluding hydrogens is 210 g/mol. The maximum Gasteiger partial charge on any atom is 0.143 e. The molecular formula is C12H16ClNO. The minimum atomic E-state index is 0.218. The Morgan fingerprint density at radius 2 is 2.20 bits per heavy atom. The van der Waals surface area contributed by atoms with Crippen molar-refractivity contribution in [2.45, 2.75) is 32.4 Å². The molecule has 1 heterocycles. The Kier molecular flexibility index (Phi) is 2.89. The van der Waals surface area contributed by atoms with Gasteiger partial charge in [0.15, 0.2) is 0 Å². The van der Waals surface area contributed by atoms with Gasteiger partial charge in [-0.15, -0.1) is 0 Å². The summed E-state index contributed by atoms with van der Waals surface area (Å²) in [6, 6.07) is 4.44. The molecule has 1 aliphatic heterocycles. The predicted molar refractivity (Wildman–Crippen MR) is 62.7 cm³/mol. The molecule has 2 nitrogen and oxygen atoms in total. The van der Waals surface area contributed by atoms with Crippen LogP contribution >= 0.6 is 11.6 Å². The topological polar surface area (TPSA) is 21.3 Å². The number of aryl methyl sites for hydroxylation is 1. The highest BCUT2D eigenvalue weighted by molar-refractivity contribution is 6.32. The fraction of sp³-hybridized carbons (Fsp3) is 0.500. The number of rotatable bonds is 1. The Hall–Kier alpha value is -0.730. The largest absolute Gasteiger partial charge is 0.489 e. The third-order valence-corrected chi connectivity index (χ3v) is 3.11. The molecule has 82 valence electrons. The molecule has 0 spiro atoms. The molecule has 1 N–H and O–H groups in total. The van der Waals surface area contributed by atoms with E-state index in [1.807, 2.05) is 13.1 Å². The van der Waals surface area contributed by atoms with Crippen LogP contribution in [0, 0.1) is 6.92 Å². The highest BCUT2D eigenvalue weighted by atomic mass is 35.5. The number of nitrogens with one attached hydrogen (secondary N) is 1. The molecule has 0 fully saturated rings. The van der Waals surface area contributed by atoms with Crippen molar-refractivity contribution in [1.29, 1.82) is 0 Å². The van der Waals surface area contributed by atoms with E-state index in [2.05, 4.69) is 25.2 Å². The zero-order valence-electron chi connectivity index (χ0n) is 9.30. The van der Waals surface area contributed by atoms with Crippen molar-refractivity contribution < 1.29 is 4.74 Å². The van der Waals surface area contributed by atoms with Gasteiger partial charge in [-0.1, -0.05) is 17.7 Å². The van der Waals surface area contributed by atoms with E-state index >= 15 is 0 Å². The first kappa shape index (κ1) is 10.8. The standard InChI is InChI=1S/C12H16ClNO/c1-7-4-9-11(14-3)6-8(2)15-12(9)10(13)5-7/h4-5,8,11,14H,6H2,1-3H3. The monoisotopic (exact) mass is 225 g/mol. The van der Waals surface area contributed by atoms with Gasteiger partial charge in [-0.25, -0.2) is 0 Å². The van der Waals surface area contributed by atoms with E-state index in [1.54, 1.807) is 0 Å². The highest BCUT2D eigenvalue weighted by Gasteiger charge is 2.26. The summed E-state index contributed by atoms with van der Waals surface area (Å²) in [5.41, 5.74) is 2.36. The Labute approximate surface area is 95.6 Å². The maximum absolute atomic E-state index is 6.18. The smallest absolute Gasteiger partial charge is 0.143 e. The van der Waals surface area contributed by atoms with E-state index in [9.17, 15) is 0 Å². The second kappa shape index (κ2) is 4.03. The second-order valence-corrected chi connectivity index (χ2v) is 4.58. The lowest BCUT2D eigenvalue weighted by molar-refractivity contribution is 0.169. The number of ether oxygens (including phenoxy) is 1. The van der Waals surface area contributed by atoms with Crippen LogP contribution in [-0.2, 0) is 0 Å². The Balaban J connectivity index is 2.51. The van der Waals surface area contributed by atoms with Gasteiger partial charge in [0.25, 0.3) is 0 Å². The average Bonchev–Trinajstić information content (AvgIpc) is 2.18. The van der Waals surface area contributed by atoms with Gasteiger partial charge in [-0.3, -0.25) is 0 Å². The first-order chi connectivity index (χ1) is 7.11. The van der Waals surface area contributed by atoms with Gasteiger partial charge in [0, 0.05) is 18.0 Å². The third kappa shape index (κ3) is 1.97. The summed E-state index contributed by atoms with van der Waals surface area (Å²) >= 11 is 6.18. The van der Waals surface area contributed by atoms with Crippen LogP contribution in [0.25, 0.3) is 0 Å². The molecule has 2 rings (SSSR count). The lowest BCUT2D eigenvalue weighted by atomic mass is 9.96. The van der Waals surface area contributed by atoms with Gasteiger partial charge in [0.1, 0.15) is 5.75 Å². The van der Waals surface area contributed by atoms with Crippen molar-refractivity contribution >= 4 is 11.6 Å². The number of benzene rings is 1. The van der Waals surface area contributed by atoms with Crippen LogP contribution in [0.4, 0.5) is 0 Å². The molecule has 0 aliphatic carbocycles. The normalized spacial score (nSPS) is 24.5. The van der Waals surface area contributed by atoms with Crippen LogP contribution in [0.15, 0.2) is 12.1 Å². The van der Waals surface area contributed by atoms with Crippen molar-refractivity contribution in [1.82, 2.24) is 5.32 Å². The number of hydrogen-bond acceptors (Lipinski definition) is 2. The highest BCUT2D eigenvalue weighted by Crippen LogP contribution is 2.40. The van der Waals surface area contributed by atoms with Gasteiger partial charge in [-0.05, 0) is 32.5 Å². The van der Waals surface area contributed by atoms with Crippen LogP contribution in [0.1, 0.15) is 30.5 Å². The van der Waals surface area contributed by atoms with E-state index in [0.717, 1.165) is 17.2 Å². The van der Waals surface area contributed by atoms with Crippen LogP contribution in [0.5, 0.6) is 5.75 Å². The quantitative estimate of drug-likeness (QED) is 0.793. The molecule has 0 saturated carbocycles. The average molecular weight is 226 g/mol. The minimum Gasteiger partial charge on any atom is -0.489 e. The van der Waals surface area contributed by atoms with Crippen molar-refractivity contribution in [2.75, 3.05) is 7.05 Å². The fourth-order valence-corrected chi connectivity index (χ4v) is 2.45. The first-order valence-corrected chi connectivity index (χ1v) is 5.63. The van der Waals surface area contributed by atoms with Gasteiger partial charge >= 0.3 is 0 Å². The predicted octanol–water partition coefficient (Wildman–Crippen LogP) is 3.08. The summed E-state index contributed by atoms with van der Waals surface area (Å²) in [5.74, 6) is 0.848. The minimum absolute atomic E-state index is 0.218. The van der Waals surface area contributed by atoms with Gasteiger partial charge in [-0.2, -0.15) is 0 Å². The summed E-state index contributed by atoms with van der Waals surface area (Å²) in [5, 5.41) is 4.03. The van der Waals surface area contributed by atoms with Crippen LogP contribution in [0.3, 0.4) is 0 Å². The Morgan fingerprint density at radius 3 is 2.87 bits per heavy atom. The van der Waals surface area contributed by atoms with Gasteiger partial charge in [0.2, 0.25) is 0 Å². The molecule has 3 heteroatoms. The Bertz CT molecular complexity index is 378. The number of hydrogen-bond donors (Lipinski definition) is 1. The van der Waals surface area contributed by atoms with Crippen molar-refractivity contribution in [2.24, 2.45) is 0 Å². The SMILES string of the molecule is CNC1CC(C)Oc2c(Cl)cc(C)cc21. The van der Waals surface area contributed by atoms with Crippen molar-refractivity contribution in [3.63, 3.8) is 0 Å². The summed E-state index contributed by atoms with van der Waals surface area (Å²) in [7, 11) is 1.97. The molecule has 0 radical (unpaired) electrons. The number of fused-ring (bicyclic) bond motifs is 1. The zero-order valence-corrected chi connectivity index (χ0v) is 10.1. The summed E-state index contributed by atoms with van der Waals surface area (Å²) in [4.78, 5) is 0. The lowest BCUT2D eigenvalue weighted by Crippen LogP contribution is -2.29. The molecule has 2 unspecified atom stereocenters. The first-order valence-electron chi connectivity index (χ1n) is 5.25. The van der Waals surface area contributed by atoms with Crippen LogP contribution < -0.4 is 10.1 Å². The van der Waals surface area contributed by atoms with E-state index < -0.39 is 0 Å². The van der Waals surface area contributed by atoms with Crippen LogP contribution in [0.2, 0.25) is 5.02 Å². The molecule has 1 aliphatic rings. The fourth-order valence-electron chi connectivity index (χ4n) is 2.12. The molecule has 0 saturated heterocycles. The van der Waals surface area contributed by atoms with Crippen molar-refractivity contribution in [3.8, 4) is 5.75 Å². The number of halogens is 1. The van der Waals surface area contributed by atoms with E-state index in [0.29, 0.717) is 6.04 Å². The molecule has 15 heavy (non-hydrogen) atoms. The molecule has 0 amide bonds. The summed E-state index contributed by atoms with van der Waals surface area (Å²) < 4.78 is 5.78. The molecule has 0 aromatic heterocycles. The molecule has 1 aromatic rings. The zero-order chi connectivity index (χ0) is 11.0. The van der Waals surface area contributed by atoms with Crippen LogP contribution in [-0.4, -0.2) is 13.2 Å². The third-order valence-electron chi connectivity index (χ3n) is 2.83. The Morgan fingerprint density at radius 1 is 1.47 bits per heavy atom. The van der Waals surface area contributed by atoms with Crippen molar-refractivity contribution in [3.05, 3.63) is 28.3 Å². The summed E-state index contributed by atoms with van der Waals surface area (Å²) in [6.07, 6.45) is 1.21. The molecule has 1 aromatic carbocycles. The van der Waals surface area contributed by atoms with Gasteiger partial charge in [0.05, 0.1) is 11.1 Å². The molecule has 0 bridgehead atoms. The van der Waals surface area contributed by atoms with E-state index in [4.69, 9.17) is 16.3 Å². The van der Waals surface area contributed by atoms with E-state index in [1.165, 1.54) is 11.1 Å².